The van der Waals surface area contributed by atoms with Crippen LogP contribution in [-0.4, -0.2) is 57.1 Å². The van der Waals surface area contributed by atoms with E-state index in [1.807, 2.05) is 38.1 Å². The van der Waals surface area contributed by atoms with Crippen LogP contribution in [0.1, 0.15) is 56.6 Å². The molecule has 1 saturated carbocycles. The second-order valence-corrected chi connectivity index (χ2v) is 12.1. The number of sulfonamides is 1. The molecule has 1 aliphatic rings. The predicted octanol–water partition coefficient (Wildman–Crippen LogP) is 4.68. The van der Waals surface area contributed by atoms with Crippen LogP contribution in [0, 0.1) is 6.92 Å². The number of nitrogens with zero attached hydrogens (tertiary/aromatic N) is 2. The predicted molar refractivity (Wildman–Crippen MR) is 151 cm³/mol. The van der Waals surface area contributed by atoms with Gasteiger partial charge in [-0.1, -0.05) is 62.1 Å². The van der Waals surface area contributed by atoms with Crippen molar-refractivity contribution in [2.75, 3.05) is 24.2 Å². The lowest BCUT2D eigenvalue weighted by Gasteiger charge is -2.34. The maximum atomic E-state index is 13.9. The summed E-state index contributed by atoms with van der Waals surface area (Å²) < 4.78 is 32.1. The first-order valence-electron chi connectivity index (χ1n) is 13.0. The number of nitrogens with one attached hydrogen (secondary N) is 1. The summed E-state index contributed by atoms with van der Waals surface area (Å²) in [6, 6.07) is 11.6. The van der Waals surface area contributed by atoms with Gasteiger partial charge in [0.05, 0.1) is 19.1 Å². The van der Waals surface area contributed by atoms with Crippen LogP contribution in [0.5, 0.6) is 5.75 Å². The number of ether oxygens (including phenoxy) is 1. The van der Waals surface area contributed by atoms with Crippen molar-refractivity contribution >= 4 is 39.1 Å². The van der Waals surface area contributed by atoms with Crippen molar-refractivity contribution in [3.63, 3.8) is 0 Å². The van der Waals surface area contributed by atoms with Gasteiger partial charge in [0, 0.05) is 17.6 Å². The fraction of sp³-hybridized carbons (Fsp3) is 0.500. The number of hydrogen-bond acceptors (Lipinski definition) is 5. The fourth-order valence-electron chi connectivity index (χ4n) is 4.89. The summed E-state index contributed by atoms with van der Waals surface area (Å²) in [6.45, 7) is 3.47. The van der Waals surface area contributed by atoms with Crippen LogP contribution < -0.4 is 14.4 Å². The molecule has 0 bridgehead atoms. The van der Waals surface area contributed by atoms with Gasteiger partial charge in [0.15, 0.2) is 0 Å². The van der Waals surface area contributed by atoms with Crippen molar-refractivity contribution in [1.29, 1.82) is 0 Å². The Hall–Kier alpha value is -2.78. The van der Waals surface area contributed by atoms with E-state index in [4.69, 9.17) is 16.3 Å². The van der Waals surface area contributed by atoms with Crippen molar-refractivity contribution in [3.05, 3.63) is 58.6 Å². The van der Waals surface area contributed by atoms with E-state index in [-0.39, 0.29) is 29.9 Å². The topological polar surface area (TPSA) is 96.0 Å². The molecule has 1 aliphatic carbocycles. The lowest BCUT2D eigenvalue weighted by Crippen LogP contribution is -2.54. The average Bonchev–Trinajstić information content (AvgIpc) is 2.88. The van der Waals surface area contributed by atoms with Gasteiger partial charge in [-0.05, 0) is 55.5 Å². The summed E-state index contributed by atoms with van der Waals surface area (Å²) in [5, 5.41) is 3.45. The molecule has 0 heterocycles. The number of carbonyl (C=O) groups excluding carboxylic acids is 2. The van der Waals surface area contributed by atoms with E-state index in [1.54, 1.807) is 12.1 Å². The SMILES string of the molecule is CC[C@@H](C(=O)NC1CCCCC1)N(Cc1ccccc1C)C(=O)CN(c1cc(Cl)ccc1OC)S(C)(=O)=O. The van der Waals surface area contributed by atoms with Crippen LogP contribution in [0.25, 0.3) is 0 Å². The van der Waals surface area contributed by atoms with Crippen molar-refractivity contribution < 1.29 is 22.7 Å². The molecular formula is C28H38ClN3O5S. The first-order valence-corrected chi connectivity index (χ1v) is 15.2. The van der Waals surface area contributed by atoms with E-state index in [0.717, 1.165) is 53.8 Å². The minimum absolute atomic E-state index is 0.0870. The van der Waals surface area contributed by atoms with Crippen LogP contribution in [0.2, 0.25) is 5.02 Å². The van der Waals surface area contributed by atoms with Gasteiger partial charge in [0.25, 0.3) is 0 Å². The maximum absolute atomic E-state index is 13.9. The van der Waals surface area contributed by atoms with Crippen LogP contribution in [-0.2, 0) is 26.2 Å². The Morgan fingerprint density at radius 2 is 1.82 bits per heavy atom. The largest absolute Gasteiger partial charge is 0.495 e. The van der Waals surface area contributed by atoms with E-state index in [1.165, 1.54) is 18.1 Å². The third kappa shape index (κ3) is 7.63. The van der Waals surface area contributed by atoms with Crippen molar-refractivity contribution in [2.24, 2.45) is 0 Å². The van der Waals surface area contributed by atoms with E-state index in [2.05, 4.69) is 5.32 Å². The van der Waals surface area contributed by atoms with Crippen molar-refractivity contribution in [2.45, 2.75) is 71.0 Å². The second kappa shape index (κ2) is 13.3. The minimum Gasteiger partial charge on any atom is -0.495 e. The molecule has 1 fully saturated rings. The first-order chi connectivity index (χ1) is 18.0. The van der Waals surface area contributed by atoms with Gasteiger partial charge in [-0.15, -0.1) is 0 Å². The summed E-state index contributed by atoms with van der Waals surface area (Å²) in [5.41, 5.74) is 2.02. The number of methoxy groups -OCH3 is 1. The van der Waals surface area contributed by atoms with Gasteiger partial charge >= 0.3 is 0 Å². The lowest BCUT2D eigenvalue weighted by atomic mass is 9.95. The highest BCUT2D eigenvalue weighted by Gasteiger charge is 2.33. The highest BCUT2D eigenvalue weighted by molar-refractivity contribution is 7.92. The molecule has 8 nitrogen and oxygen atoms in total. The van der Waals surface area contributed by atoms with Gasteiger partial charge < -0.3 is 15.0 Å². The Bertz CT molecular complexity index is 1230. The number of aryl methyl sites for hydroxylation is 1. The highest BCUT2D eigenvalue weighted by atomic mass is 35.5. The molecule has 10 heteroatoms. The molecule has 0 spiro atoms. The van der Waals surface area contributed by atoms with Gasteiger partial charge in [0.2, 0.25) is 21.8 Å². The lowest BCUT2D eigenvalue weighted by molar-refractivity contribution is -0.140. The molecule has 1 N–H and O–H groups in total. The van der Waals surface area contributed by atoms with Gasteiger partial charge in [-0.25, -0.2) is 8.42 Å². The summed E-state index contributed by atoms with van der Waals surface area (Å²) in [6.07, 6.45) is 6.55. The van der Waals surface area contributed by atoms with Crippen molar-refractivity contribution in [1.82, 2.24) is 10.2 Å². The molecule has 1 atom stereocenters. The zero-order chi connectivity index (χ0) is 27.9. The van der Waals surface area contributed by atoms with E-state index in [0.29, 0.717) is 11.4 Å². The monoisotopic (exact) mass is 563 g/mol. The smallest absolute Gasteiger partial charge is 0.244 e. The number of rotatable bonds is 11. The number of carbonyl (C=O) groups is 2. The standard InChI is InChI=1S/C28H38ClN3O5S/c1-5-24(28(34)30-23-13-7-6-8-14-23)31(18-21-12-10-9-11-20(21)2)27(33)19-32(38(4,35)36)25-17-22(29)15-16-26(25)37-3/h9-12,15-17,23-24H,5-8,13-14,18-19H2,1-4H3,(H,30,34)/t24-/m0/s1. The van der Waals surface area contributed by atoms with Crippen LogP contribution in [0.3, 0.4) is 0 Å². The van der Waals surface area contributed by atoms with E-state index < -0.39 is 28.5 Å². The molecule has 0 aliphatic heterocycles. The molecule has 0 unspecified atom stereocenters. The van der Waals surface area contributed by atoms with Gasteiger partial charge in [-0.3, -0.25) is 13.9 Å². The Labute approximate surface area is 231 Å². The zero-order valence-corrected chi connectivity index (χ0v) is 24.1. The Balaban J connectivity index is 1.97. The molecule has 0 aromatic heterocycles. The summed E-state index contributed by atoms with van der Waals surface area (Å²) in [4.78, 5) is 28.9. The first kappa shape index (κ1) is 29.8. The maximum Gasteiger partial charge on any atom is 0.244 e. The highest BCUT2D eigenvalue weighted by Crippen LogP contribution is 2.33. The van der Waals surface area contributed by atoms with Crippen molar-refractivity contribution in [3.8, 4) is 5.75 Å². The molecule has 2 aromatic carbocycles. The summed E-state index contributed by atoms with van der Waals surface area (Å²) in [7, 11) is -2.49. The molecule has 208 valence electrons. The molecular weight excluding hydrogens is 526 g/mol. The average molecular weight is 564 g/mol. The number of anilines is 1. The van der Waals surface area contributed by atoms with Gasteiger partial charge in [0.1, 0.15) is 18.3 Å². The number of amides is 2. The summed E-state index contributed by atoms with van der Waals surface area (Å²) >= 11 is 6.17. The second-order valence-electron chi connectivity index (χ2n) is 9.80. The minimum atomic E-state index is -3.91. The normalized spacial score (nSPS) is 15.0. The Morgan fingerprint density at radius 1 is 1.13 bits per heavy atom. The zero-order valence-electron chi connectivity index (χ0n) is 22.6. The Morgan fingerprint density at radius 3 is 2.42 bits per heavy atom. The molecule has 0 saturated heterocycles. The van der Waals surface area contributed by atoms with E-state index >= 15 is 0 Å². The fourth-order valence-corrected chi connectivity index (χ4v) is 5.90. The Kier molecular flexibility index (Phi) is 10.4. The number of benzene rings is 2. The molecule has 0 radical (unpaired) electrons. The number of halogens is 1. The molecule has 3 rings (SSSR count). The third-order valence-corrected chi connectivity index (χ3v) is 8.39. The molecule has 2 aromatic rings. The molecule has 2 amide bonds. The van der Waals surface area contributed by atoms with Gasteiger partial charge in [-0.2, -0.15) is 0 Å². The van der Waals surface area contributed by atoms with Crippen LogP contribution >= 0.6 is 11.6 Å². The molecule has 38 heavy (non-hydrogen) atoms. The quantitative estimate of drug-likeness (QED) is 0.428. The number of hydrogen-bond donors (Lipinski definition) is 1. The summed E-state index contributed by atoms with van der Waals surface area (Å²) in [5.74, 6) is -0.445. The third-order valence-electron chi connectivity index (χ3n) is 7.03. The van der Waals surface area contributed by atoms with E-state index in [9.17, 15) is 18.0 Å². The van der Waals surface area contributed by atoms with Crippen LogP contribution in [0.15, 0.2) is 42.5 Å². The van der Waals surface area contributed by atoms with Crippen LogP contribution in [0.4, 0.5) is 5.69 Å².